The first-order valence-corrected chi connectivity index (χ1v) is 7.57. The van der Waals surface area contributed by atoms with Crippen molar-refractivity contribution in [2.45, 2.75) is 13.3 Å². The van der Waals surface area contributed by atoms with Crippen LogP contribution in [0, 0.1) is 0 Å². The van der Waals surface area contributed by atoms with Gasteiger partial charge in [0.25, 0.3) is 5.91 Å². The highest BCUT2D eigenvalue weighted by Gasteiger charge is 2.21. The van der Waals surface area contributed by atoms with Gasteiger partial charge in [-0.15, -0.1) is 0 Å². The van der Waals surface area contributed by atoms with Crippen molar-refractivity contribution in [3.8, 4) is 0 Å². The molecule has 1 amide bonds. The lowest BCUT2D eigenvalue weighted by Gasteiger charge is -2.34. The maximum Gasteiger partial charge on any atom is 0.255 e. The Morgan fingerprint density at radius 2 is 2.10 bits per heavy atom. The number of aliphatic hydroxyl groups is 1. The van der Waals surface area contributed by atoms with Crippen molar-refractivity contribution in [2.75, 3.05) is 51.2 Å². The fraction of sp³-hybridized carbons (Fsp3) is 0.600. The molecule has 0 aliphatic carbocycles. The zero-order valence-electron chi connectivity index (χ0n) is 12.6. The second kappa shape index (κ2) is 7.95. The van der Waals surface area contributed by atoms with Gasteiger partial charge in [0.2, 0.25) is 0 Å². The van der Waals surface area contributed by atoms with Crippen LogP contribution in [0.2, 0.25) is 0 Å². The van der Waals surface area contributed by atoms with Crippen LogP contribution in [0.25, 0.3) is 0 Å². The molecule has 6 nitrogen and oxygen atoms in total. The van der Waals surface area contributed by atoms with Gasteiger partial charge in [-0.2, -0.15) is 0 Å². The Bertz CT molecular complexity index is 441. The van der Waals surface area contributed by atoms with Gasteiger partial charge in [-0.25, -0.2) is 4.98 Å². The van der Waals surface area contributed by atoms with E-state index in [2.05, 4.69) is 22.1 Å². The Morgan fingerprint density at radius 3 is 2.67 bits per heavy atom. The lowest BCUT2D eigenvalue weighted by Crippen LogP contribution is -2.49. The number of hydrogen-bond acceptors (Lipinski definition) is 5. The molecule has 0 aromatic carbocycles. The predicted octanol–water partition coefficient (Wildman–Crippen LogP) is 0.654. The number of nitrogens with zero attached hydrogens (tertiary/aromatic N) is 3. The molecule has 1 aliphatic rings. The van der Waals surface area contributed by atoms with E-state index in [1.807, 2.05) is 17.0 Å². The van der Waals surface area contributed by atoms with Crippen molar-refractivity contribution in [1.29, 1.82) is 0 Å². The lowest BCUT2D eigenvalue weighted by atomic mass is 10.2. The number of amides is 1. The van der Waals surface area contributed by atoms with Crippen molar-refractivity contribution in [2.24, 2.45) is 0 Å². The SMILES string of the molecule is CCCNc1ccc(C(=O)N2CCN(CCO)CC2)cn1. The molecule has 1 fully saturated rings. The molecule has 0 atom stereocenters. The average molecular weight is 292 g/mol. The Balaban J connectivity index is 1.88. The summed E-state index contributed by atoms with van der Waals surface area (Å²) in [6, 6.07) is 3.68. The van der Waals surface area contributed by atoms with Crippen molar-refractivity contribution in [3.05, 3.63) is 23.9 Å². The van der Waals surface area contributed by atoms with Crippen LogP contribution in [0.5, 0.6) is 0 Å². The van der Waals surface area contributed by atoms with E-state index in [4.69, 9.17) is 5.11 Å². The van der Waals surface area contributed by atoms with Gasteiger partial charge < -0.3 is 15.3 Å². The molecule has 1 aliphatic heterocycles. The topological polar surface area (TPSA) is 68.7 Å². The Morgan fingerprint density at radius 1 is 1.33 bits per heavy atom. The highest BCUT2D eigenvalue weighted by atomic mass is 16.3. The first kappa shape index (κ1) is 15.7. The van der Waals surface area contributed by atoms with E-state index in [0.29, 0.717) is 25.2 Å². The largest absolute Gasteiger partial charge is 0.395 e. The number of nitrogens with one attached hydrogen (secondary N) is 1. The Kier molecular flexibility index (Phi) is 5.95. The van der Waals surface area contributed by atoms with Gasteiger partial charge in [-0.05, 0) is 18.6 Å². The van der Waals surface area contributed by atoms with Crippen molar-refractivity contribution >= 4 is 11.7 Å². The summed E-state index contributed by atoms with van der Waals surface area (Å²) in [6.07, 6.45) is 2.68. The number of aliphatic hydroxyl groups excluding tert-OH is 1. The number of β-amino-alcohol motifs (C(OH)–C–C–N with tert-alkyl or cyclic N) is 1. The average Bonchev–Trinajstić information content (AvgIpc) is 2.54. The quantitative estimate of drug-likeness (QED) is 0.806. The van der Waals surface area contributed by atoms with Crippen LogP contribution in [0.4, 0.5) is 5.82 Å². The number of rotatable bonds is 6. The van der Waals surface area contributed by atoms with Gasteiger partial charge in [-0.3, -0.25) is 9.69 Å². The molecule has 2 N–H and O–H groups in total. The molecule has 2 rings (SSSR count). The molecule has 0 radical (unpaired) electrons. The molecule has 1 aromatic heterocycles. The van der Waals surface area contributed by atoms with Crippen molar-refractivity contribution in [1.82, 2.24) is 14.8 Å². The second-order valence-corrected chi connectivity index (χ2v) is 5.22. The maximum absolute atomic E-state index is 12.4. The molecule has 0 saturated carbocycles. The summed E-state index contributed by atoms with van der Waals surface area (Å²) < 4.78 is 0. The number of carbonyl (C=O) groups is 1. The fourth-order valence-electron chi connectivity index (χ4n) is 2.38. The molecule has 0 unspecified atom stereocenters. The molecule has 0 spiro atoms. The monoisotopic (exact) mass is 292 g/mol. The molecule has 116 valence electrons. The Labute approximate surface area is 125 Å². The normalized spacial score (nSPS) is 16.0. The Hall–Kier alpha value is -1.66. The zero-order chi connectivity index (χ0) is 15.1. The predicted molar refractivity (Wildman–Crippen MR) is 82.4 cm³/mol. The summed E-state index contributed by atoms with van der Waals surface area (Å²) in [6.45, 7) is 6.87. The van der Waals surface area contributed by atoms with Gasteiger partial charge in [0, 0.05) is 45.5 Å². The van der Waals surface area contributed by atoms with Gasteiger partial charge >= 0.3 is 0 Å². The minimum Gasteiger partial charge on any atom is -0.395 e. The minimum absolute atomic E-state index is 0.0354. The molecule has 0 bridgehead atoms. The number of piperazine rings is 1. The molecule has 21 heavy (non-hydrogen) atoms. The standard InChI is InChI=1S/C15H24N4O2/c1-2-5-16-14-4-3-13(12-17-14)15(21)19-8-6-18(7-9-19)10-11-20/h3-4,12,20H,2,5-11H2,1H3,(H,16,17). The van der Waals surface area contributed by atoms with Crippen LogP contribution >= 0.6 is 0 Å². The summed E-state index contributed by atoms with van der Waals surface area (Å²) in [7, 11) is 0. The summed E-state index contributed by atoms with van der Waals surface area (Å²) in [5.41, 5.74) is 0.632. The first-order valence-electron chi connectivity index (χ1n) is 7.57. The van der Waals surface area contributed by atoms with E-state index < -0.39 is 0 Å². The number of carbonyl (C=O) groups excluding carboxylic acids is 1. The van der Waals surface area contributed by atoms with E-state index >= 15 is 0 Å². The molecule has 2 heterocycles. The van der Waals surface area contributed by atoms with E-state index in [-0.39, 0.29) is 12.5 Å². The molecular formula is C15H24N4O2. The minimum atomic E-state index is 0.0354. The number of aromatic nitrogens is 1. The second-order valence-electron chi connectivity index (χ2n) is 5.22. The van der Waals surface area contributed by atoms with Crippen LogP contribution in [-0.4, -0.2) is 71.7 Å². The number of anilines is 1. The molecule has 6 heteroatoms. The summed E-state index contributed by atoms with van der Waals surface area (Å²) in [4.78, 5) is 20.7. The van der Waals surface area contributed by atoms with Gasteiger partial charge in [0.1, 0.15) is 5.82 Å². The molecular weight excluding hydrogens is 268 g/mol. The van der Waals surface area contributed by atoms with Gasteiger partial charge in [0.05, 0.1) is 12.2 Å². The third-order valence-corrected chi connectivity index (χ3v) is 3.64. The van der Waals surface area contributed by atoms with E-state index in [1.165, 1.54) is 0 Å². The highest BCUT2D eigenvalue weighted by Crippen LogP contribution is 2.10. The number of hydrogen-bond donors (Lipinski definition) is 2. The van der Waals surface area contributed by atoms with Gasteiger partial charge in [-0.1, -0.05) is 6.92 Å². The maximum atomic E-state index is 12.4. The highest BCUT2D eigenvalue weighted by molar-refractivity contribution is 5.94. The van der Waals surface area contributed by atoms with Crippen LogP contribution in [0.3, 0.4) is 0 Å². The third kappa shape index (κ3) is 4.41. The number of pyridine rings is 1. The first-order chi connectivity index (χ1) is 10.2. The summed E-state index contributed by atoms with van der Waals surface area (Å²) in [5.74, 6) is 0.842. The molecule has 1 saturated heterocycles. The molecule has 1 aromatic rings. The van der Waals surface area contributed by atoms with E-state index in [0.717, 1.165) is 31.9 Å². The zero-order valence-corrected chi connectivity index (χ0v) is 12.6. The van der Waals surface area contributed by atoms with E-state index in [1.54, 1.807) is 6.20 Å². The smallest absolute Gasteiger partial charge is 0.255 e. The fourth-order valence-corrected chi connectivity index (χ4v) is 2.38. The summed E-state index contributed by atoms with van der Waals surface area (Å²) >= 11 is 0. The van der Waals surface area contributed by atoms with Crippen LogP contribution in [0.1, 0.15) is 23.7 Å². The van der Waals surface area contributed by atoms with E-state index in [9.17, 15) is 4.79 Å². The summed E-state index contributed by atoms with van der Waals surface area (Å²) in [5, 5.41) is 12.1. The van der Waals surface area contributed by atoms with Crippen LogP contribution in [0.15, 0.2) is 18.3 Å². The van der Waals surface area contributed by atoms with Crippen molar-refractivity contribution < 1.29 is 9.90 Å². The van der Waals surface area contributed by atoms with Gasteiger partial charge in [0.15, 0.2) is 0 Å². The van der Waals surface area contributed by atoms with Crippen LogP contribution < -0.4 is 5.32 Å². The van der Waals surface area contributed by atoms with Crippen molar-refractivity contribution in [3.63, 3.8) is 0 Å². The van der Waals surface area contributed by atoms with Crippen LogP contribution in [-0.2, 0) is 0 Å². The lowest BCUT2D eigenvalue weighted by molar-refractivity contribution is 0.0614. The third-order valence-electron chi connectivity index (χ3n) is 3.64.